The summed E-state index contributed by atoms with van der Waals surface area (Å²) in [5.74, 6) is 0.371. The summed E-state index contributed by atoms with van der Waals surface area (Å²) in [5.41, 5.74) is 0. The maximum atomic E-state index is 12.8. The van der Waals surface area contributed by atoms with Crippen molar-refractivity contribution in [2.24, 2.45) is 22.7 Å². The van der Waals surface area contributed by atoms with Crippen molar-refractivity contribution in [1.29, 1.82) is 0 Å². The van der Waals surface area contributed by atoms with Crippen molar-refractivity contribution < 1.29 is 18.3 Å². The van der Waals surface area contributed by atoms with E-state index in [0.717, 1.165) is 12.8 Å². The molecule has 0 spiro atoms. The second-order valence-electron chi connectivity index (χ2n) is 7.46. The Bertz CT molecular complexity index is 398. The number of halogens is 4. The molecule has 0 bridgehead atoms. The first kappa shape index (κ1) is 25.8. The topological polar surface area (TPSA) is 56.7 Å². The van der Waals surface area contributed by atoms with Crippen LogP contribution in [0, 0.1) is 17.8 Å². The van der Waals surface area contributed by atoms with E-state index in [4.69, 9.17) is 0 Å². The summed E-state index contributed by atoms with van der Waals surface area (Å²) in [6, 6.07) is 0.0396. The predicted octanol–water partition coefficient (Wildman–Crippen LogP) is 4.33. The molecule has 1 aliphatic carbocycles. The van der Waals surface area contributed by atoms with E-state index in [0.29, 0.717) is 43.7 Å². The number of alkyl halides is 3. The molecule has 0 aromatic heterocycles. The standard InChI is InChI=1S/C18H34F3N3O.HI/c1-4-22-17(23-12-14(9-10-25)11-13(2)3)24-16-7-5-15(6-8-16)18(19,20)21;/h13-16,25H,4-12H2,1-3H3,(H2,22,23,24);1H. The summed E-state index contributed by atoms with van der Waals surface area (Å²) in [6.45, 7) is 7.74. The van der Waals surface area contributed by atoms with Crippen LogP contribution in [-0.4, -0.2) is 43.0 Å². The smallest absolute Gasteiger partial charge is 0.391 e. The van der Waals surface area contributed by atoms with Gasteiger partial charge in [0.05, 0.1) is 5.92 Å². The van der Waals surface area contributed by atoms with Gasteiger partial charge in [-0.1, -0.05) is 13.8 Å². The number of nitrogens with one attached hydrogen (secondary N) is 2. The normalized spacial score (nSPS) is 22.7. The van der Waals surface area contributed by atoms with Gasteiger partial charge >= 0.3 is 6.18 Å². The van der Waals surface area contributed by atoms with Gasteiger partial charge in [-0.3, -0.25) is 4.99 Å². The Morgan fingerprint density at radius 3 is 2.27 bits per heavy atom. The van der Waals surface area contributed by atoms with E-state index in [-0.39, 0.29) is 49.5 Å². The van der Waals surface area contributed by atoms with E-state index in [1.54, 1.807) is 0 Å². The molecule has 0 aromatic rings. The van der Waals surface area contributed by atoms with Crippen LogP contribution in [0.15, 0.2) is 4.99 Å². The molecule has 0 saturated heterocycles. The molecule has 1 unspecified atom stereocenters. The van der Waals surface area contributed by atoms with E-state index in [2.05, 4.69) is 29.5 Å². The third-order valence-corrected chi connectivity index (χ3v) is 4.72. The van der Waals surface area contributed by atoms with E-state index in [1.807, 2.05) is 6.92 Å². The zero-order chi connectivity index (χ0) is 18.9. The van der Waals surface area contributed by atoms with Gasteiger partial charge in [0, 0.05) is 25.7 Å². The van der Waals surface area contributed by atoms with Crippen molar-refractivity contribution in [1.82, 2.24) is 10.6 Å². The predicted molar refractivity (Wildman–Crippen MR) is 111 cm³/mol. The molecule has 1 aliphatic rings. The number of aliphatic hydroxyl groups excluding tert-OH is 1. The van der Waals surface area contributed by atoms with E-state index in [9.17, 15) is 18.3 Å². The molecule has 0 radical (unpaired) electrons. The summed E-state index contributed by atoms with van der Waals surface area (Å²) in [6.07, 6.45) is -0.959. The molecular weight excluding hydrogens is 458 g/mol. The van der Waals surface area contributed by atoms with Crippen LogP contribution < -0.4 is 10.6 Å². The SMILES string of the molecule is CCNC(=NCC(CCO)CC(C)C)NC1CCC(C(F)(F)F)CC1.I. The average molecular weight is 493 g/mol. The highest BCUT2D eigenvalue weighted by atomic mass is 127. The Kier molecular flexibility index (Phi) is 12.9. The maximum absolute atomic E-state index is 12.8. The molecule has 1 saturated carbocycles. The Labute approximate surface area is 172 Å². The molecule has 4 nitrogen and oxygen atoms in total. The average Bonchev–Trinajstić information content (AvgIpc) is 2.52. The summed E-state index contributed by atoms with van der Waals surface area (Å²) >= 11 is 0. The van der Waals surface area contributed by atoms with Crippen LogP contribution in [0.5, 0.6) is 0 Å². The van der Waals surface area contributed by atoms with Crippen molar-refractivity contribution >= 4 is 29.9 Å². The van der Waals surface area contributed by atoms with Gasteiger partial charge in [0.1, 0.15) is 0 Å². The lowest BCUT2D eigenvalue weighted by molar-refractivity contribution is -0.182. The number of nitrogens with zero attached hydrogens (tertiary/aromatic N) is 1. The molecular formula is C18H35F3IN3O. The number of hydrogen-bond acceptors (Lipinski definition) is 2. The first-order valence-corrected chi connectivity index (χ1v) is 9.48. The lowest BCUT2D eigenvalue weighted by Gasteiger charge is -2.31. The third-order valence-electron chi connectivity index (χ3n) is 4.72. The van der Waals surface area contributed by atoms with E-state index in [1.165, 1.54) is 0 Å². The molecule has 3 N–H and O–H groups in total. The highest BCUT2D eigenvalue weighted by Gasteiger charge is 2.41. The van der Waals surface area contributed by atoms with Gasteiger partial charge in [-0.05, 0) is 57.3 Å². The minimum Gasteiger partial charge on any atom is -0.396 e. The van der Waals surface area contributed by atoms with Crippen LogP contribution in [0.3, 0.4) is 0 Å². The number of rotatable bonds is 8. The number of aliphatic hydroxyl groups is 1. The molecule has 26 heavy (non-hydrogen) atoms. The second-order valence-corrected chi connectivity index (χ2v) is 7.46. The highest BCUT2D eigenvalue weighted by molar-refractivity contribution is 14.0. The van der Waals surface area contributed by atoms with Crippen LogP contribution in [-0.2, 0) is 0 Å². The van der Waals surface area contributed by atoms with Gasteiger partial charge in [-0.15, -0.1) is 24.0 Å². The minimum absolute atomic E-state index is 0. The van der Waals surface area contributed by atoms with Crippen molar-refractivity contribution in [3.63, 3.8) is 0 Å². The number of aliphatic imine (C=N–C) groups is 1. The minimum atomic E-state index is -4.07. The zero-order valence-electron chi connectivity index (χ0n) is 16.1. The Balaban J connectivity index is 0.00000625. The van der Waals surface area contributed by atoms with Crippen molar-refractivity contribution in [2.45, 2.75) is 71.5 Å². The molecule has 0 aromatic carbocycles. The lowest BCUT2D eigenvalue weighted by atomic mass is 9.85. The Hall–Kier alpha value is -0.250. The van der Waals surface area contributed by atoms with Crippen LogP contribution in [0.1, 0.15) is 59.3 Å². The zero-order valence-corrected chi connectivity index (χ0v) is 18.4. The fourth-order valence-electron chi connectivity index (χ4n) is 3.43. The summed E-state index contributed by atoms with van der Waals surface area (Å²) in [5, 5.41) is 15.7. The monoisotopic (exact) mass is 493 g/mol. The van der Waals surface area contributed by atoms with Crippen LogP contribution in [0.4, 0.5) is 13.2 Å². The summed E-state index contributed by atoms with van der Waals surface area (Å²) in [4.78, 5) is 4.61. The molecule has 1 atom stereocenters. The van der Waals surface area contributed by atoms with Crippen LogP contribution >= 0.6 is 24.0 Å². The third kappa shape index (κ3) is 10.2. The van der Waals surface area contributed by atoms with Gasteiger partial charge in [0.25, 0.3) is 0 Å². The molecule has 0 heterocycles. The van der Waals surface area contributed by atoms with Gasteiger partial charge in [0.2, 0.25) is 0 Å². The second kappa shape index (κ2) is 13.0. The fourth-order valence-corrected chi connectivity index (χ4v) is 3.43. The largest absolute Gasteiger partial charge is 0.396 e. The molecule has 0 aliphatic heterocycles. The molecule has 1 fully saturated rings. The van der Waals surface area contributed by atoms with Crippen LogP contribution in [0.25, 0.3) is 0 Å². The van der Waals surface area contributed by atoms with Crippen molar-refractivity contribution in [3.8, 4) is 0 Å². The van der Waals surface area contributed by atoms with Gasteiger partial charge < -0.3 is 15.7 Å². The van der Waals surface area contributed by atoms with E-state index < -0.39 is 12.1 Å². The molecule has 8 heteroatoms. The lowest BCUT2D eigenvalue weighted by Crippen LogP contribution is -2.46. The van der Waals surface area contributed by atoms with Gasteiger partial charge in [0.15, 0.2) is 5.96 Å². The van der Waals surface area contributed by atoms with Gasteiger partial charge in [-0.25, -0.2) is 0 Å². The molecule has 0 amide bonds. The van der Waals surface area contributed by atoms with Crippen LogP contribution in [0.2, 0.25) is 0 Å². The first-order chi connectivity index (χ1) is 11.8. The number of guanidine groups is 1. The summed E-state index contributed by atoms with van der Waals surface area (Å²) in [7, 11) is 0. The maximum Gasteiger partial charge on any atom is 0.391 e. The number of hydrogen-bond donors (Lipinski definition) is 3. The first-order valence-electron chi connectivity index (χ1n) is 9.48. The van der Waals surface area contributed by atoms with E-state index >= 15 is 0 Å². The quantitative estimate of drug-likeness (QED) is 0.268. The summed E-state index contributed by atoms with van der Waals surface area (Å²) < 4.78 is 38.3. The fraction of sp³-hybridized carbons (Fsp3) is 0.944. The highest BCUT2D eigenvalue weighted by Crippen LogP contribution is 2.37. The van der Waals surface area contributed by atoms with Gasteiger partial charge in [-0.2, -0.15) is 13.2 Å². The Morgan fingerprint density at radius 2 is 1.81 bits per heavy atom. The molecule has 156 valence electrons. The van der Waals surface area contributed by atoms with Crippen molar-refractivity contribution in [2.75, 3.05) is 19.7 Å². The van der Waals surface area contributed by atoms with Crippen molar-refractivity contribution in [3.05, 3.63) is 0 Å². The molecule has 1 rings (SSSR count). The Morgan fingerprint density at radius 1 is 1.19 bits per heavy atom.